The summed E-state index contributed by atoms with van der Waals surface area (Å²) in [5, 5.41) is 21.0. The monoisotopic (exact) mass is 556 g/mol. The van der Waals surface area contributed by atoms with E-state index in [1.165, 1.54) is 0 Å². The van der Waals surface area contributed by atoms with Crippen molar-refractivity contribution in [3.8, 4) is 56.0 Å². The SMILES string of the molecule is Oc1c(-c2ccccc2)cccc1-c1ccccc1.Oc1c(-c2ccccc2)cccc1-c1ccccc1.[Zn]. The molecule has 6 aromatic carbocycles. The van der Waals surface area contributed by atoms with Crippen LogP contribution in [-0.4, -0.2) is 10.2 Å². The average Bonchev–Trinajstić information content (AvgIpc) is 2.99. The maximum absolute atomic E-state index is 10.5. The van der Waals surface area contributed by atoms with Crippen LogP contribution in [0.3, 0.4) is 0 Å². The third-order valence-corrected chi connectivity index (χ3v) is 6.41. The van der Waals surface area contributed by atoms with E-state index in [2.05, 4.69) is 0 Å². The van der Waals surface area contributed by atoms with Gasteiger partial charge in [-0.05, 0) is 22.3 Å². The van der Waals surface area contributed by atoms with E-state index in [0.29, 0.717) is 11.5 Å². The number of benzene rings is 6. The molecule has 0 heterocycles. The fraction of sp³-hybridized carbons (Fsp3) is 0. The summed E-state index contributed by atoms with van der Waals surface area (Å²) in [5.74, 6) is 0.666. The maximum atomic E-state index is 10.5. The van der Waals surface area contributed by atoms with E-state index in [0.717, 1.165) is 44.5 Å². The Balaban J connectivity index is 0.000000176. The second-order valence-corrected chi connectivity index (χ2v) is 8.87. The summed E-state index contributed by atoms with van der Waals surface area (Å²) in [6.45, 7) is 0. The molecule has 0 atom stereocenters. The van der Waals surface area contributed by atoms with Crippen molar-refractivity contribution in [1.29, 1.82) is 0 Å². The summed E-state index contributed by atoms with van der Waals surface area (Å²) < 4.78 is 0. The van der Waals surface area contributed by atoms with Crippen molar-refractivity contribution in [3.63, 3.8) is 0 Å². The molecule has 6 rings (SSSR count). The largest absolute Gasteiger partial charge is 0.507 e. The van der Waals surface area contributed by atoms with Gasteiger partial charge < -0.3 is 10.2 Å². The molecule has 0 unspecified atom stereocenters. The Morgan fingerprint density at radius 3 is 0.667 bits per heavy atom. The molecule has 0 spiro atoms. The minimum atomic E-state index is 0. The van der Waals surface area contributed by atoms with Crippen LogP contribution in [0.25, 0.3) is 44.5 Å². The van der Waals surface area contributed by atoms with E-state index in [-0.39, 0.29) is 19.5 Å². The summed E-state index contributed by atoms with van der Waals surface area (Å²) in [6, 6.07) is 51.5. The van der Waals surface area contributed by atoms with Gasteiger partial charge in [-0.15, -0.1) is 0 Å². The van der Waals surface area contributed by atoms with E-state index in [1.807, 2.05) is 158 Å². The zero-order valence-corrected chi connectivity index (χ0v) is 24.6. The smallest absolute Gasteiger partial charge is 0.131 e. The zero-order valence-electron chi connectivity index (χ0n) is 21.6. The molecule has 0 saturated carbocycles. The Morgan fingerprint density at radius 2 is 0.462 bits per heavy atom. The van der Waals surface area contributed by atoms with Gasteiger partial charge in [-0.3, -0.25) is 0 Å². The topological polar surface area (TPSA) is 40.5 Å². The third kappa shape index (κ3) is 6.52. The third-order valence-electron chi connectivity index (χ3n) is 6.41. The predicted molar refractivity (Wildman–Crippen MR) is 158 cm³/mol. The summed E-state index contributed by atoms with van der Waals surface area (Å²) in [5.41, 5.74) is 7.55. The first-order valence-corrected chi connectivity index (χ1v) is 12.6. The Morgan fingerprint density at radius 1 is 0.256 bits per heavy atom. The van der Waals surface area contributed by atoms with E-state index < -0.39 is 0 Å². The number of hydrogen-bond donors (Lipinski definition) is 2. The Hall–Kier alpha value is -4.46. The fourth-order valence-electron chi connectivity index (χ4n) is 4.49. The van der Waals surface area contributed by atoms with Gasteiger partial charge >= 0.3 is 0 Å². The zero-order chi connectivity index (χ0) is 26.2. The molecule has 2 nitrogen and oxygen atoms in total. The Labute approximate surface area is 242 Å². The quantitative estimate of drug-likeness (QED) is 0.212. The van der Waals surface area contributed by atoms with Crippen LogP contribution in [0.15, 0.2) is 158 Å². The molecular weight excluding hydrogens is 530 g/mol. The molecule has 0 bridgehead atoms. The van der Waals surface area contributed by atoms with Crippen LogP contribution >= 0.6 is 0 Å². The van der Waals surface area contributed by atoms with E-state index in [9.17, 15) is 10.2 Å². The molecule has 2 N–H and O–H groups in total. The first kappa shape index (κ1) is 27.6. The molecule has 186 valence electrons. The van der Waals surface area contributed by atoms with Crippen molar-refractivity contribution in [2.45, 2.75) is 0 Å². The number of rotatable bonds is 4. The molecule has 0 aliphatic carbocycles. The van der Waals surface area contributed by atoms with Crippen molar-refractivity contribution in [1.82, 2.24) is 0 Å². The molecule has 0 aliphatic heterocycles. The summed E-state index contributed by atoms with van der Waals surface area (Å²) in [6.07, 6.45) is 0. The van der Waals surface area contributed by atoms with E-state index in [4.69, 9.17) is 0 Å². The first-order chi connectivity index (χ1) is 18.7. The van der Waals surface area contributed by atoms with Crippen LogP contribution in [0.2, 0.25) is 0 Å². The van der Waals surface area contributed by atoms with Crippen molar-refractivity contribution in [2.75, 3.05) is 0 Å². The Bertz CT molecular complexity index is 1360. The van der Waals surface area contributed by atoms with Crippen molar-refractivity contribution in [2.24, 2.45) is 0 Å². The number of hydrogen-bond acceptors (Lipinski definition) is 2. The molecule has 0 aliphatic rings. The molecule has 3 heteroatoms. The van der Waals surface area contributed by atoms with Gasteiger partial charge in [-0.2, -0.15) is 0 Å². The molecule has 0 amide bonds. The fourth-order valence-corrected chi connectivity index (χ4v) is 4.49. The molecule has 0 radical (unpaired) electrons. The van der Waals surface area contributed by atoms with E-state index >= 15 is 0 Å². The maximum Gasteiger partial charge on any atom is 0.131 e. The number of phenolic OH excluding ortho intramolecular Hbond substituents is 2. The van der Waals surface area contributed by atoms with E-state index in [1.54, 1.807) is 0 Å². The van der Waals surface area contributed by atoms with Gasteiger partial charge in [0, 0.05) is 41.7 Å². The molecule has 0 aromatic heterocycles. The normalized spacial score (nSPS) is 10.1. The summed E-state index contributed by atoms with van der Waals surface area (Å²) >= 11 is 0. The molecule has 0 saturated heterocycles. The van der Waals surface area contributed by atoms with Crippen LogP contribution in [-0.2, 0) is 19.5 Å². The minimum absolute atomic E-state index is 0. The van der Waals surface area contributed by atoms with Gasteiger partial charge in [0.1, 0.15) is 11.5 Å². The summed E-state index contributed by atoms with van der Waals surface area (Å²) in [7, 11) is 0. The van der Waals surface area contributed by atoms with Gasteiger partial charge in [-0.1, -0.05) is 158 Å². The van der Waals surface area contributed by atoms with Gasteiger partial charge in [-0.25, -0.2) is 0 Å². The van der Waals surface area contributed by atoms with Crippen LogP contribution in [0.4, 0.5) is 0 Å². The van der Waals surface area contributed by atoms with Crippen LogP contribution in [0.1, 0.15) is 0 Å². The minimum Gasteiger partial charge on any atom is -0.507 e. The Kier molecular flexibility index (Phi) is 9.45. The molecule has 0 fully saturated rings. The van der Waals surface area contributed by atoms with Gasteiger partial charge in [0.25, 0.3) is 0 Å². The van der Waals surface area contributed by atoms with Gasteiger partial charge in [0.2, 0.25) is 0 Å². The van der Waals surface area contributed by atoms with Crippen molar-refractivity contribution in [3.05, 3.63) is 158 Å². The number of para-hydroxylation sites is 2. The second kappa shape index (κ2) is 13.4. The predicted octanol–water partition coefficient (Wildman–Crippen LogP) is 9.45. The van der Waals surface area contributed by atoms with Crippen molar-refractivity contribution < 1.29 is 29.7 Å². The molecule has 6 aromatic rings. The molecular formula is C36H28O2Zn. The second-order valence-electron chi connectivity index (χ2n) is 8.87. The molecule has 39 heavy (non-hydrogen) atoms. The van der Waals surface area contributed by atoms with Gasteiger partial charge in [0.15, 0.2) is 0 Å². The standard InChI is InChI=1S/2C18H14O.Zn/c2*19-18-16(14-8-3-1-4-9-14)12-7-13-17(18)15-10-5-2-6-11-15;/h2*1-13,19H;. The van der Waals surface area contributed by atoms with Crippen LogP contribution in [0.5, 0.6) is 11.5 Å². The number of aromatic hydroxyl groups is 2. The van der Waals surface area contributed by atoms with Crippen molar-refractivity contribution >= 4 is 0 Å². The average molecular weight is 558 g/mol. The summed E-state index contributed by atoms with van der Waals surface area (Å²) in [4.78, 5) is 0. The first-order valence-electron chi connectivity index (χ1n) is 12.6. The van der Waals surface area contributed by atoms with Crippen LogP contribution in [0, 0.1) is 0 Å². The van der Waals surface area contributed by atoms with Crippen LogP contribution < -0.4 is 0 Å². The number of phenols is 2. The van der Waals surface area contributed by atoms with Gasteiger partial charge in [0.05, 0.1) is 0 Å².